The van der Waals surface area contributed by atoms with Crippen LogP contribution in [-0.4, -0.2) is 40.4 Å². The van der Waals surface area contributed by atoms with Gasteiger partial charge in [0.25, 0.3) is 17.4 Å². The number of ether oxygens (including phenoxy) is 1. The Morgan fingerprint density at radius 1 is 1.05 bits per heavy atom. The molecule has 9 heteroatoms. The molecule has 2 aromatic heterocycles. The zero-order valence-corrected chi connectivity index (χ0v) is 21.0. The van der Waals surface area contributed by atoms with Crippen molar-refractivity contribution >= 4 is 33.8 Å². The van der Waals surface area contributed by atoms with Gasteiger partial charge in [-0.25, -0.2) is 4.98 Å². The third kappa shape index (κ3) is 4.40. The van der Waals surface area contributed by atoms with Crippen LogP contribution in [-0.2, 0) is 24.1 Å². The molecule has 1 unspecified atom stereocenters. The summed E-state index contributed by atoms with van der Waals surface area (Å²) < 4.78 is 7.58. The van der Waals surface area contributed by atoms with Crippen molar-refractivity contribution in [2.45, 2.75) is 38.2 Å². The number of amides is 2. The summed E-state index contributed by atoms with van der Waals surface area (Å²) in [4.78, 5) is 48.0. The monoisotopic (exact) mass is 514 g/mol. The largest absolute Gasteiger partial charge is 0.477 e. The molecule has 0 spiro atoms. The second kappa shape index (κ2) is 9.82. The fourth-order valence-electron chi connectivity index (χ4n) is 5.01. The number of carbonyl (C=O) groups is 2. The Morgan fingerprint density at radius 2 is 1.84 bits per heavy atom. The molecule has 6 rings (SSSR count). The summed E-state index contributed by atoms with van der Waals surface area (Å²) in [5, 5.41) is 2.92. The number of fused-ring (bicyclic) bond motifs is 4. The van der Waals surface area contributed by atoms with Gasteiger partial charge in [0.15, 0.2) is 11.1 Å². The Bertz CT molecular complexity index is 1550. The van der Waals surface area contributed by atoms with Gasteiger partial charge in [-0.05, 0) is 49.8 Å². The van der Waals surface area contributed by atoms with Gasteiger partial charge >= 0.3 is 0 Å². The molecule has 0 saturated carbocycles. The maximum absolute atomic E-state index is 13.8. The molecule has 0 saturated heterocycles. The van der Waals surface area contributed by atoms with Crippen LogP contribution in [0.5, 0.6) is 5.75 Å². The van der Waals surface area contributed by atoms with E-state index < -0.39 is 12.0 Å². The molecule has 2 aliphatic rings. The zero-order chi connectivity index (χ0) is 25.4. The van der Waals surface area contributed by atoms with Crippen molar-refractivity contribution in [1.29, 1.82) is 0 Å². The Kier molecular flexibility index (Phi) is 6.21. The van der Waals surface area contributed by atoms with Gasteiger partial charge in [0.2, 0.25) is 0 Å². The minimum Gasteiger partial charge on any atom is -0.477 e. The van der Waals surface area contributed by atoms with Crippen LogP contribution in [0.2, 0.25) is 0 Å². The minimum atomic E-state index is -0.900. The summed E-state index contributed by atoms with van der Waals surface area (Å²) >= 11 is 1.52. The summed E-state index contributed by atoms with van der Waals surface area (Å²) in [6.07, 6.45) is 5.01. The number of nitrogens with one attached hydrogen (secondary N) is 1. The Balaban J connectivity index is 1.27. The number of nitrogens with zero attached hydrogens (tertiary/aromatic N) is 3. The molecule has 0 radical (unpaired) electrons. The van der Waals surface area contributed by atoms with Crippen molar-refractivity contribution in [1.82, 2.24) is 14.7 Å². The molecule has 1 atom stereocenters. The summed E-state index contributed by atoms with van der Waals surface area (Å²) in [7, 11) is 0. The molecule has 1 N–H and O–H groups in total. The van der Waals surface area contributed by atoms with Crippen molar-refractivity contribution in [2.75, 3.05) is 18.0 Å². The number of aryl methyl sites for hydroxylation is 2. The smallest absolute Gasteiger partial charge is 0.271 e. The highest BCUT2D eigenvalue weighted by molar-refractivity contribution is 7.17. The van der Waals surface area contributed by atoms with Crippen molar-refractivity contribution in [3.05, 3.63) is 92.8 Å². The number of benzene rings is 2. The molecule has 0 fully saturated rings. The van der Waals surface area contributed by atoms with Crippen LogP contribution in [0.4, 0.5) is 5.69 Å². The highest BCUT2D eigenvalue weighted by Gasteiger charge is 2.35. The van der Waals surface area contributed by atoms with E-state index >= 15 is 0 Å². The molecule has 0 bridgehead atoms. The third-order valence-corrected chi connectivity index (χ3v) is 8.06. The first-order valence-corrected chi connectivity index (χ1v) is 13.3. The molecule has 4 aromatic rings. The summed E-state index contributed by atoms with van der Waals surface area (Å²) in [6.45, 7) is 0.445. The van der Waals surface area contributed by atoms with E-state index in [0.717, 1.165) is 36.9 Å². The first kappa shape index (κ1) is 23.4. The molecule has 3 heterocycles. The average Bonchev–Trinajstić information content (AvgIpc) is 3.32. The van der Waals surface area contributed by atoms with Crippen LogP contribution in [0.1, 0.15) is 39.3 Å². The summed E-state index contributed by atoms with van der Waals surface area (Å²) in [5.41, 5.74) is 2.24. The molecule has 1 aliphatic heterocycles. The second-order valence-corrected chi connectivity index (χ2v) is 10.4. The Morgan fingerprint density at radius 3 is 2.70 bits per heavy atom. The number of carbonyl (C=O) groups excluding carboxylic acids is 2. The van der Waals surface area contributed by atoms with Crippen LogP contribution in [0.15, 0.2) is 65.6 Å². The predicted octanol–water partition coefficient (Wildman–Crippen LogP) is 3.40. The van der Waals surface area contributed by atoms with Gasteiger partial charge in [-0.15, -0.1) is 11.3 Å². The van der Waals surface area contributed by atoms with E-state index in [0.29, 0.717) is 29.4 Å². The lowest BCUT2D eigenvalue weighted by molar-refractivity contribution is -0.127. The topological polar surface area (TPSA) is 93.0 Å². The quantitative estimate of drug-likeness (QED) is 0.441. The predicted molar refractivity (Wildman–Crippen MR) is 142 cm³/mol. The van der Waals surface area contributed by atoms with Gasteiger partial charge in [-0.3, -0.25) is 18.8 Å². The number of para-hydroxylation sites is 2. The van der Waals surface area contributed by atoms with E-state index in [1.54, 1.807) is 28.7 Å². The lowest BCUT2D eigenvalue weighted by Gasteiger charge is -2.34. The molecule has 2 aromatic carbocycles. The van der Waals surface area contributed by atoms with Gasteiger partial charge in [-0.2, -0.15) is 0 Å². The van der Waals surface area contributed by atoms with E-state index in [1.807, 2.05) is 30.3 Å². The molecular weight excluding hydrogens is 488 g/mol. The fraction of sp³-hybridized carbons (Fsp3) is 0.286. The van der Waals surface area contributed by atoms with Crippen molar-refractivity contribution < 1.29 is 14.3 Å². The molecular formula is C28H26N4O4S. The van der Waals surface area contributed by atoms with Crippen LogP contribution in [0.3, 0.4) is 0 Å². The lowest BCUT2D eigenvalue weighted by atomic mass is 10.0. The summed E-state index contributed by atoms with van der Waals surface area (Å²) in [5.74, 6) is -0.367. The van der Waals surface area contributed by atoms with E-state index in [1.165, 1.54) is 27.3 Å². The molecule has 2 amide bonds. The molecule has 188 valence electrons. The molecule has 1 aliphatic carbocycles. The number of aromatic nitrogens is 2. The van der Waals surface area contributed by atoms with Crippen LogP contribution in [0, 0.1) is 0 Å². The minimum absolute atomic E-state index is 0.00307. The zero-order valence-electron chi connectivity index (χ0n) is 20.2. The maximum Gasteiger partial charge on any atom is 0.271 e. The fourth-order valence-corrected chi connectivity index (χ4v) is 6.18. The number of thiazole rings is 1. The highest BCUT2D eigenvalue weighted by atomic mass is 32.1. The molecule has 8 nitrogen and oxygen atoms in total. The van der Waals surface area contributed by atoms with E-state index in [2.05, 4.69) is 10.3 Å². The normalized spacial score (nSPS) is 16.5. The SMILES string of the molecule is O=C(NCCc1ccccc1)C1CN(C(=O)c2cnc3sc4c(n3c2=O)CCCC4)c2ccccc2O1. The Labute approximate surface area is 217 Å². The van der Waals surface area contributed by atoms with Crippen LogP contribution in [0.25, 0.3) is 4.96 Å². The van der Waals surface area contributed by atoms with E-state index in [-0.39, 0.29) is 23.6 Å². The number of anilines is 1. The van der Waals surface area contributed by atoms with E-state index in [4.69, 9.17) is 4.74 Å². The molecule has 37 heavy (non-hydrogen) atoms. The maximum atomic E-state index is 13.8. The third-order valence-electron chi connectivity index (χ3n) is 6.90. The standard InChI is InChI=1S/C28H26N4O4S/c33-25(29-15-14-18-8-2-1-3-9-18)23-17-31(20-10-4-6-12-22(20)36-23)26(34)19-16-30-28-32(27(19)35)21-11-5-7-13-24(21)37-28/h1-4,6,8-10,12,16,23H,5,7,11,13-15,17H2,(H,29,33). The van der Waals surface area contributed by atoms with Crippen LogP contribution < -0.4 is 20.5 Å². The number of hydrogen-bond donors (Lipinski definition) is 1. The van der Waals surface area contributed by atoms with Gasteiger partial charge in [0.05, 0.1) is 12.2 Å². The number of hydrogen-bond acceptors (Lipinski definition) is 6. The van der Waals surface area contributed by atoms with Crippen molar-refractivity contribution in [3.8, 4) is 5.75 Å². The van der Waals surface area contributed by atoms with Gasteiger partial charge in [-0.1, -0.05) is 42.5 Å². The van der Waals surface area contributed by atoms with Crippen molar-refractivity contribution in [2.24, 2.45) is 0 Å². The van der Waals surface area contributed by atoms with Crippen LogP contribution >= 0.6 is 11.3 Å². The lowest BCUT2D eigenvalue weighted by Crippen LogP contribution is -2.51. The van der Waals surface area contributed by atoms with Gasteiger partial charge in [0.1, 0.15) is 11.3 Å². The van der Waals surface area contributed by atoms with E-state index in [9.17, 15) is 14.4 Å². The first-order chi connectivity index (χ1) is 18.1. The first-order valence-electron chi connectivity index (χ1n) is 12.5. The Hall–Kier alpha value is -3.98. The highest BCUT2D eigenvalue weighted by Crippen LogP contribution is 2.34. The number of rotatable bonds is 5. The van der Waals surface area contributed by atoms with Gasteiger partial charge in [0, 0.05) is 23.3 Å². The van der Waals surface area contributed by atoms with Gasteiger partial charge < -0.3 is 15.0 Å². The second-order valence-electron chi connectivity index (χ2n) is 9.29. The average molecular weight is 515 g/mol. The van der Waals surface area contributed by atoms with Crippen molar-refractivity contribution in [3.63, 3.8) is 0 Å². The summed E-state index contributed by atoms with van der Waals surface area (Å²) in [6, 6.07) is 17.0.